The van der Waals surface area contributed by atoms with Crippen molar-refractivity contribution < 1.29 is 19.8 Å². The number of fused-ring (bicyclic) bond motifs is 1. The fraction of sp³-hybridized carbons (Fsp3) is 0.182. The summed E-state index contributed by atoms with van der Waals surface area (Å²) < 4.78 is 4.04. The Bertz CT molecular complexity index is 802. The summed E-state index contributed by atoms with van der Waals surface area (Å²) in [5, 5.41) is 18.0. The van der Waals surface area contributed by atoms with E-state index in [1.54, 1.807) is 0 Å². The molecule has 0 radical (unpaired) electrons. The standard InChI is InChI=1S/C11H6Br4N2O5/c12-5-6(13)8(15)10-9(7(5)14)16(1-3(18)19)11(22)17(10)2-4(20)21/h1-2H2,(H,18,19)(H,20,21). The van der Waals surface area contributed by atoms with Gasteiger partial charge >= 0.3 is 17.6 Å². The van der Waals surface area contributed by atoms with Gasteiger partial charge in [0.25, 0.3) is 0 Å². The number of aromatic nitrogens is 2. The van der Waals surface area contributed by atoms with Crippen LogP contribution in [0.2, 0.25) is 0 Å². The average Bonchev–Trinajstić information content (AvgIpc) is 2.67. The molecule has 1 heterocycles. The Morgan fingerprint density at radius 1 is 0.773 bits per heavy atom. The number of carboxylic acid groups (broad SMARTS) is 2. The Hall–Kier alpha value is -0.650. The van der Waals surface area contributed by atoms with Crippen LogP contribution in [0.4, 0.5) is 0 Å². The van der Waals surface area contributed by atoms with Gasteiger partial charge in [-0.25, -0.2) is 4.79 Å². The first kappa shape index (κ1) is 17.7. The van der Waals surface area contributed by atoms with Crippen LogP contribution in [0.25, 0.3) is 11.0 Å². The molecule has 0 amide bonds. The van der Waals surface area contributed by atoms with E-state index in [0.717, 1.165) is 9.13 Å². The fourth-order valence-corrected chi connectivity index (χ4v) is 4.51. The number of carboxylic acids is 2. The molecule has 0 saturated heterocycles. The number of aliphatic carboxylic acids is 2. The highest BCUT2D eigenvalue weighted by atomic mass is 79.9. The van der Waals surface area contributed by atoms with Gasteiger partial charge in [0.05, 0.1) is 20.0 Å². The van der Waals surface area contributed by atoms with Crippen molar-refractivity contribution >= 4 is 86.7 Å². The Morgan fingerprint density at radius 3 is 1.36 bits per heavy atom. The number of rotatable bonds is 4. The molecule has 0 unspecified atom stereocenters. The molecule has 11 heteroatoms. The van der Waals surface area contributed by atoms with Gasteiger partial charge in [-0.15, -0.1) is 0 Å². The predicted octanol–water partition coefficient (Wildman–Crippen LogP) is 3.02. The zero-order chi connectivity index (χ0) is 16.8. The van der Waals surface area contributed by atoms with Gasteiger partial charge in [0, 0.05) is 8.95 Å². The molecule has 2 N–H and O–H groups in total. The summed E-state index contributed by atoms with van der Waals surface area (Å²) in [5.41, 5.74) is -0.141. The molecule has 0 spiro atoms. The van der Waals surface area contributed by atoms with Crippen LogP contribution >= 0.6 is 63.7 Å². The average molecular weight is 566 g/mol. The first-order valence-corrected chi connectivity index (χ1v) is 8.72. The first-order chi connectivity index (χ1) is 10.2. The van der Waals surface area contributed by atoms with Crippen LogP contribution in [0.3, 0.4) is 0 Å². The highest BCUT2D eigenvalue weighted by molar-refractivity contribution is 9.15. The zero-order valence-corrected chi connectivity index (χ0v) is 16.8. The summed E-state index contributed by atoms with van der Waals surface area (Å²) in [6.45, 7) is -1.16. The van der Waals surface area contributed by atoms with E-state index in [-0.39, 0.29) is 11.0 Å². The molecule has 0 saturated carbocycles. The lowest BCUT2D eigenvalue weighted by Crippen LogP contribution is -2.29. The smallest absolute Gasteiger partial charge is 0.330 e. The van der Waals surface area contributed by atoms with Crippen LogP contribution in [-0.4, -0.2) is 31.3 Å². The van der Waals surface area contributed by atoms with Gasteiger partial charge in [-0.1, -0.05) is 0 Å². The molecule has 2 rings (SSSR count). The molecule has 2 aromatic rings. The molecule has 22 heavy (non-hydrogen) atoms. The zero-order valence-electron chi connectivity index (χ0n) is 10.4. The van der Waals surface area contributed by atoms with Crippen molar-refractivity contribution in [1.29, 1.82) is 0 Å². The van der Waals surface area contributed by atoms with Crippen LogP contribution in [0, 0.1) is 0 Å². The quantitative estimate of drug-likeness (QED) is 0.439. The molecule has 0 aliphatic rings. The van der Waals surface area contributed by atoms with Crippen molar-refractivity contribution in [2.75, 3.05) is 0 Å². The van der Waals surface area contributed by atoms with Crippen LogP contribution in [0.1, 0.15) is 0 Å². The van der Waals surface area contributed by atoms with E-state index >= 15 is 0 Å². The number of benzene rings is 1. The maximum Gasteiger partial charge on any atom is 0.330 e. The van der Waals surface area contributed by atoms with E-state index in [0.29, 0.717) is 17.9 Å². The summed E-state index contributed by atoms with van der Waals surface area (Å²) in [6.07, 6.45) is 0. The fourth-order valence-electron chi connectivity index (χ4n) is 2.00. The summed E-state index contributed by atoms with van der Waals surface area (Å²) in [7, 11) is 0. The van der Waals surface area contributed by atoms with Gasteiger partial charge in [-0.3, -0.25) is 18.7 Å². The first-order valence-electron chi connectivity index (χ1n) is 5.55. The van der Waals surface area contributed by atoms with Gasteiger partial charge in [0.15, 0.2) is 0 Å². The third-order valence-electron chi connectivity index (χ3n) is 2.81. The van der Waals surface area contributed by atoms with Gasteiger partial charge in [-0.2, -0.15) is 0 Å². The van der Waals surface area contributed by atoms with Crippen LogP contribution in [0.15, 0.2) is 22.7 Å². The number of nitrogens with zero attached hydrogens (tertiary/aromatic N) is 2. The lowest BCUT2D eigenvalue weighted by Gasteiger charge is -2.09. The van der Waals surface area contributed by atoms with Crippen LogP contribution in [-0.2, 0) is 22.7 Å². The molecule has 0 bridgehead atoms. The maximum absolute atomic E-state index is 12.4. The number of halogens is 4. The Labute approximate surface area is 156 Å². The Kier molecular flexibility index (Phi) is 5.20. The van der Waals surface area contributed by atoms with E-state index < -0.39 is 30.7 Å². The molecule has 0 atom stereocenters. The Balaban J connectivity index is 3.02. The molecular formula is C11H6Br4N2O5. The lowest BCUT2D eigenvalue weighted by atomic mass is 10.3. The van der Waals surface area contributed by atoms with Gasteiger partial charge < -0.3 is 10.2 Å². The maximum atomic E-state index is 12.4. The molecular weight excluding hydrogens is 560 g/mol. The van der Waals surface area contributed by atoms with Crippen LogP contribution < -0.4 is 5.69 Å². The van der Waals surface area contributed by atoms with Gasteiger partial charge in [-0.05, 0) is 63.7 Å². The van der Waals surface area contributed by atoms with Gasteiger partial charge in [0.2, 0.25) is 0 Å². The van der Waals surface area contributed by atoms with Crippen LogP contribution in [0.5, 0.6) is 0 Å². The molecule has 0 fully saturated rings. The second-order valence-electron chi connectivity index (χ2n) is 4.20. The summed E-state index contributed by atoms with van der Waals surface area (Å²) >= 11 is 13.3. The lowest BCUT2D eigenvalue weighted by molar-refractivity contribution is -0.138. The van der Waals surface area contributed by atoms with Crippen molar-refractivity contribution in [3.05, 3.63) is 28.4 Å². The number of imidazole rings is 1. The van der Waals surface area contributed by atoms with Crippen molar-refractivity contribution in [1.82, 2.24) is 9.13 Å². The largest absolute Gasteiger partial charge is 0.480 e. The number of carbonyl (C=O) groups is 2. The van der Waals surface area contributed by atoms with E-state index in [1.165, 1.54) is 0 Å². The van der Waals surface area contributed by atoms with E-state index in [2.05, 4.69) is 63.7 Å². The minimum atomic E-state index is -1.21. The molecule has 0 aliphatic heterocycles. The minimum Gasteiger partial charge on any atom is -0.480 e. The highest BCUT2D eigenvalue weighted by Crippen LogP contribution is 2.43. The minimum absolute atomic E-state index is 0.288. The van der Waals surface area contributed by atoms with Gasteiger partial charge in [0.1, 0.15) is 13.1 Å². The highest BCUT2D eigenvalue weighted by Gasteiger charge is 2.25. The third kappa shape index (κ3) is 2.91. The second kappa shape index (κ2) is 6.46. The monoisotopic (exact) mass is 562 g/mol. The topological polar surface area (TPSA) is 102 Å². The molecule has 118 valence electrons. The second-order valence-corrected chi connectivity index (χ2v) is 7.37. The molecule has 1 aromatic heterocycles. The predicted molar refractivity (Wildman–Crippen MR) is 92.3 cm³/mol. The number of hydrogen-bond donors (Lipinski definition) is 2. The van der Waals surface area contributed by atoms with Crippen molar-refractivity contribution in [3.63, 3.8) is 0 Å². The molecule has 7 nitrogen and oxygen atoms in total. The molecule has 0 aliphatic carbocycles. The summed E-state index contributed by atoms with van der Waals surface area (Å²) in [6, 6.07) is 0. The third-order valence-corrected chi connectivity index (χ3v) is 7.53. The molecule has 1 aromatic carbocycles. The number of hydrogen-bond acceptors (Lipinski definition) is 3. The van der Waals surface area contributed by atoms with Crippen molar-refractivity contribution in [3.8, 4) is 0 Å². The Morgan fingerprint density at radius 2 is 1.09 bits per heavy atom. The summed E-state index contributed by atoms with van der Waals surface area (Å²) in [4.78, 5) is 34.4. The van der Waals surface area contributed by atoms with E-state index in [1.807, 2.05) is 0 Å². The summed E-state index contributed by atoms with van der Waals surface area (Å²) in [5.74, 6) is -2.42. The van der Waals surface area contributed by atoms with E-state index in [9.17, 15) is 14.4 Å². The van der Waals surface area contributed by atoms with E-state index in [4.69, 9.17) is 10.2 Å². The SMILES string of the molecule is O=C(O)Cn1c(=O)n(CC(=O)O)c2c(Br)c(Br)c(Br)c(Br)c21. The van der Waals surface area contributed by atoms with Crippen molar-refractivity contribution in [2.45, 2.75) is 13.1 Å². The van der Waals surface area contributed by atoms with Crippen molar-refractivity contribution in [2.24, 2.45) is 0 Å². The normalized spacial score (nSPS) is 11.1.